The summed E-state index contributed by atoms with van der Waals surface area (Å²) < 4.78 is 30.3. The first kappa shape index (κ1) is 31.0. The van der Waals surface area contributed by atoms with Crippen LogP contribution in [0.15, 0.2) is 0 Å². The van der Waals surface area contributed by atoms with E-state index in [0.29, 0.717) is 13.2 Å². The van der Waals surface area contributed by atoms with Gasteiger partial charge < -0.3 is 29.4 Å². The van der Waals surface area contributed by atoms with Crippen molar-refractivity contribution in [1.82, 2.24) is 0 Å². The van der Waals surface area contributed by atoms with Crippen LogP contribution in [0.1, 0.15) is 131 Å². The van der Waals surface area contributed by atoms with Crippen LogP contribution in [0.5, 0.6) is 0 Å². The summed E-state index contributed by atoms with van der Waals surface area (Å²) in [6.07, 6.45) is 18.0. The highest BCUT2D eigenvalue weighted by atomic mass is 16.8. The molecular weight excluding hydrogens is 442 g/mol. The average molecular weight is 500 g/mol. The number of nitrogens with two attached hydrogens (primary N) is 1. The van der Waals surface area contributed by atoms with Crippen molar-refractivity contribution >= 4 is 0 Å². The Morgan fingerprint density at radius 3 is 1.71 bits per heavy atom. The molecule has 2 aliphatic rings. The van der Waals surface area contributed by atoms with E-state index in [1.54, 1.807) is 0 Å². The lowest BCUT2D eigenvalue weighted by molar-refractivity contribution is -0.154. The van der Waals surface area contributed by atoms with Crippen molar-refractivity contribution in [3.8, 4) is 0 Å². The largest absolute Gasteiger partial charge is 0.377 e. The summed E-state index contributed by atoms with van der Waals surface area (Å²) in [5.41, 5.74) is 6.53. The maximum atomic E-state index is 6.53. The maximum Gasteiger partial charge on any atom is 0.163 e. The quantitative estimate of drug-likeness (QED) is 0.195. The van der Waals surface area contributed by atoms with Crippen LogP contribution in [-0.4, -0.2) is 55.2 Å². The molecule has 0 radical (unpaired) electrons. The van der Waals surface area contributed by atoms with Crippen LogP contribution < -0.4 is 5.73 Å². The Kier molecular flexibility index (Phi) is 14.1. The molecule has 2 rings (SSSR count). The van der Waals surface area contributed by atoms with Gasteiger partial charge in [-0.2, -0.15) is 0 Å². The van der Waals surface area contributed by atoms with E-state index in [0.717, 1.165) is 19.3 Å². The van der Waals surface area contributed by atoms with Gasteiger partial charge >= 0.3 is 0 Å². The van der Waals surface area contributed by atoms with Crippen molar-refractivity contribution in [2.45, 2.75) is 173 Å². The third-order valence-corrected chi connectivity index (χ3v) is 7.27. The number of rotatable bonds is 19. The fourth-order valence-corrected chi connectivity index (χ4v) is 5.45. The van der Waals surface area contributed by atoms with Gasteiger partial charge in [0.05, 0.1) is 31.5 Å². The molecule has 35 heavy (non-hydrogen) atoms. The number of unbranched alkanes of at least 4 members (excludes halogenated alkanes) is 11. The second-order valence-corrected chi connectivity index (χ2v) is 11.6. The molecule has 0 aromatic carbocycles. The fourth-order valence-electron chi connectivity index (χ4n) is 5.45. The van der Waals surface area contributed by atoms with Crippen molar-refractivity contribution in [2.75, 3.05) is 13.2 Å². The van der Waals surface area contributed by atoms with E-state index in [9.17, 15) is 0 Å². The number of hydrogen-bond donors (Lipinski definition) is 1. The summed E-state index contributed by atoms with van der Waals surface area (Å²) in [7, 11) is 0. The summed E-state index contributed by atoms with van der Waals surface area (Å²) in [5, 5.41) is 0. The standard InChI is InChI=1S/C29H57NO5/c1-7-9-10-11-12-13-14-15-16-17-18-19-20-25-27(35-29(5,6)33-25)23(30)21-31-22-26-24(8-2)32-28(3,4)34-26/h23-27H,7-22,30H2,1-6H3/t23-,24-,25+,26?,27-/m0/s1. The Morgan fingerprint density at radius 1 is 0.657 bits per heavy atom. The lowest BCUT2D eigenvalue weighted by Crippen LogP contribution is -2.45. The van der Waals surface area contributed by atoms with Gasteiger partial charge in [0, 0.05) is 0 Å². The molecule has 0 aromatic heterocycles. The van der Waals surface area contributed by atoms with Gasteiger partial charge in [0.25, 0.3) is 0 Å². The Balaban J connectivity index is 1.60. The first-order valence-corrected chi connectivity index (χ1v) is 14.7. The smallest absolute Gasteiger partial charge is 0.163 e. The summed E-state index contributed by atoms with van der Waals surface area (Å²) in [5.74, 6) is -1.15. The topological polar surface area (TPSA) is 72.2 Å². The zero-order valence-electron chi connectivity index (χ0n) is 23.8. The van der Waals surface area contributed by atoms with E-state index in [1.165, 1.54) is 70.6 Å². The minimum Gasteiger partial charge on any atom is -0.377 e. The van der Waals surface area contributed by atoms with Crippen LogP contribution >= 0.6 is 0 Å². The molecule has 6 nitrogen and oxygen atoms in total. The lowest BCUT2D eigenvalue weighted by Gasteiger charge is -2.24. The molecule has 6 heteroatoms. The molecule has 1 unspecified atom stereocenters. The second kappa shape index (κ2) is 15.9. The van der Waals surface area contributed by atoms with Gasteiger partial charge in [-0.1, -0.05) is 90.9 Å². The van der Waals surface area contributed by atoms with E-state index in [1.807, 2.05) is 27.7 Å². The van der Waals surface area contributed by atoms with Gasteiger partial charge in [-0.3, -0.25) is 0 Å². The zero-order chi connectivity index (χ0) is 25.7. The Bertz CT molecular complexity index is 555. The second-order valence-electron chi connectivity index (χ2n) is 11.6. The van der Waals surface area contributed by atoms with Gasteiger partial charge in [0.2, 0.25) is 0 Å². The lowest BCUT2D eigenvalue weighted by atomic mass is 10.00. The predicted octanol–water partition coefficient (Wildman–Crippen LogP) is 6.87. The molecule has 2 fully saturated rings. The molecule has 5 atom stereocenters. The molecule has 0 spiro atoms. The van der Waals surface area contributed by atoms with Crippen molar-refractivity contribution < 1.29 is 23.7 Å². The molecule has 2 N–H and O–H groups in total. The molecule has 2 aliphatic heterocycles. The molecule has 2 saturated heterocycles. The first-order chi connectivity index (χ1) is 16.7. The Labute approximate surface area is 216 Å². The van der Waals surface area contributed by atoms with E-state index in [-0.39, 0.29) is 30.5 Å². The van der Waals surface area contributed by atoms with Gasteiger partial charge in [-0.05, 0) is 40.5 Å². The monoisotopic (exact) mass is 499 g/mol. The van der Waals surface area contributed by atoms with Gasteiger partial charge in [0.15, 0.2) is 11.6 Å². The highest BCUT2D eigenvalue weighted by molar-refractivity contribution is 4.89. The maximum absolute atomic E-state index is 6.53. The van der Waals surface area contributed by atoms with Crippen LogP contribution in [0.25, 0.3) is 0 Å². The van der Waals surface area contributed by atoms with E-state index in [2.05, 4.69) is 13.8 Å². The molecule has 0 aliphatic carbocycles. The summed E-state index contributed by atoms with van der Waals surface area (Å²) in [6.45, 7) is 13.2. The molecule has 2 heterocycles. The van der Waals surface area contributed by atoms with Gasteiger partial charge in [-0.15, -0.1) is 0 Å². The molecule has 208 valence electrons. The third kappa shape index (κ3) is 11.8. The Hall–Kier alpha value is -0.240. The molecular formula is C29H57NO5. The van der Waals surface area contributed by atoms with Crippen molar-refractivity contribution in [1.29, 1.82) is 0 Å². The van der Waals surface area contributed by atoms with Crippen LogP contribution in [0.2, 0.25) is 0 Å². The van der Waals surface area contributed by atoms with Crippen LogP contribution in [-0.2, 0) is 23.7 Å². The zero-order valence-corrected chi connectivity index (χ0v) is 23.8. The summed E-state index contributed by atoms with van der Waals surface area (Å²) in [6, 6.07) is -0.227. The van der Waals surface area contributed by atoms with Crippen molar-refractivity contribution in [3.05, 3.63) is 0 Å². The molecule has 0 aromatic rings. The SMILES string of the molecule is CCCCCCCCCCCCCC[C@H]1OC(C)(C)O[C@H]1[C@@H](N)COCC1OC(C)(C)O[C@H]1CC. The highest BCUT2D eigenvalue weighted by Gasteiger charge is 2.44. The Morgan fingerprint density at radius 2 is 1.14 bits per heavy atom. The summed E-state index contributed by atoms with van der Waals surface area (Å²) >= 11 is 0. The van der Waals surface area contributed by atoms with Gasteiger partial charge in [-0.25, -0.2) is 0 Å². The van der Waals surface area contributed by atoms with Crippen molar-refractivity contribution in [2.24, 2.45) is 5.73 Å². The molecule has 0 bridgehead atoms. The minimum atomic E-state index is -0.593. The highest BCUT2D eigenvalue weighted by Crippen LogP contribution is 2.33. The first-order valence-electron chi connectivity index (χ1n) is 14.7. The van der Waals surface area contributed by atoms with E-state index >= 15 is 0 Å². The van der Waals surface area contributed by atoms with Crippen molar-refractivity contribution in [3.63, 3.8) is 0 Å². The molecule has 0 saturated carbocycles. The third-order valence-electron chi connectivity index (χ3n) is 7.27. The number of ether oxygens (including phenoxy) is 5. The fraction of sp³-hybridized carbons (Fsp3) is 1.00. The van der Waals surface area contributed by atoms with Crippen LogP contribution in [0.4, 0.5) is 0 Å². The summed E-state index contributed by atoms with van der Waals surface area (Å²) in [4.78, 5) is 0. The minimum absolute atomic E-state index is 0.0279. The normalized spacial score (nSPS) is 28.5. The van der Waals surface area contributed by atoms with Crippen LogP contribution in [0.3, 0.4) is 0 Å². The van der Waals surface area contributed by atoms with E-state index < -0.39 is 11.6 Å². The van der Waals surface area contributed by atoms with Gasteiger partial charge in [0.1, 0.15) is 12.2 Å². The predicted molar refractivity (Wildman–Crippen MR) is 142 cm³/mol. The van der Waals surface area contributed by atoms with E-state index in [4.69, 9.17) is 29.4 Å². The molecule has 0 amide bonds. The average Bonchev–Trinajstić information content (AvgIpc) is 3.28. The van der Waals surface area contributed by atoms with Crippen LogP contribution in [0, 0.1) is 0 Å². The number of hydrogen-bond acceptors (Lipinski definition) is 6.